The Hall–Kier alpha value is -2.11. The fourth-order valence-corrected chi connectivity index (χ4v) is 2.49. The Balaban J connectivity index is 2.22. The van der Waals surface area contributed by atoms with Crippen LogP contribution in [0.15, 0.2) is 18.3 Å². The standard InChI is InChI=1S/C16H25N5O/c1-6-12(14-8-9-17-20(14)5)18-16(22)15-10-13(11(3)4)19-21(15)7-2/h8-12H,6-7H2,1-5H3,(H,18,22)/t12-/m0/s1. The van der Waals surface area contributed by atoms with Crippen LogP contribution in [0, 0.1) is 0 Å². The van der Waals surface area contributed by atoms with Crippen molar-refractivity contribution in [3.05, 3.63) is 35.4 Å². The number of amides is 1. The van der Waals surface area contributed by atoms with Gasteiger partial charge in [0.15, 0.2) is 0 Å². The molecule has 0 aromatic carbocycles. The molecule has 0 aliphatic carbocycles. The first-order valence-electron chi connectivity index (χ1n) is 7.84. The zero-order chi connectivity index (χ0) is 16.3. The molecule has 120 valence electrons. The van der Waals surface area contributed by atoms with E-state index in [1.807, 2.05) is 26.1 Å². The van der Waals surface area contributed by atoms with Gasteiger partial charge in [-0.05, 0) is 31.4 Å². The van der Waals surface area contributed by atoms with Crippen LogP contribution in [0.5, 0.6) is 0 Å². The maximum atomic E-state index is 12.6. The lowest BCUT2D eigenvalue weighted by atomic mass is 10.1. The highest BCUT2D eigenvalue weighted by Crippen LogP contribution is 2.18. The highest BCUT2D eigenvalue weighted by atomic mass is 16.2. The van der Waals surface area contributed by atoms with E-state index in [-0.39, 0.29) is 11.9 Å². The van der Waals surface area contributed by atoms with E-state index in [4.69, 9.17) is 0 Å². The number of carbonyl (C=O) groups excluding carboxylic acids is 1. The number of nitrogens with one attached hydrogen (secondary N) is 1. The molecule has 22 heavy (non-hydrogen) atoms. The summed E-state index contributed by atoms with van der Waals surface area (Å²) in [5, 5.41) is 11.8. The van der Waals surface area contributed by atoms with Gasteiger partial charge in [0.05, 0.1) is 17.4 Å². The number of aromatic nitrogens is 4. The second kappa shape index (κ2) is 6.77. The quantitative estimate of drug-likeness (QED) is 0.892. The average Bonchev–Trinajstić information content (AvgIpc) is 3.10. The van der Waals surface area contributed by atoms with Crippen molar-refractivity contribution in [3.63, 3.8) is 0 Å². The van der Waals surface area contributed by atoms with Crippen LogP contribution in [0.25, 0.3) is 0 Å². The molecule has 1 amide bonds. The molecule has 2 aromatic heterocycles. The van der Waals surface area contributed by atoms with Crippen LogP contribution in [-0.4, -0.2) is 25.5 Å². The molecule has 2 heterocycles. The number of carbonyl (C=O) groups is 1. The monoisotopic (exact) mass is 303 g/mol. The van der Waals surface area contributed by atoms with Crippen LogP contribution in [0.3, 0.4) is 0 Å². The first-order valence-corrected chi connectivity index (χ1v) is 7.84. The Morgan fingerprint density at radius 1 is 1.36 bits per heavy atom. The molecule has 0 unspecified atom stereocenters. The molecule has 0 fully saturated rings. The Labute approximate surface area is 131 Å². The lowest BCUT2D eigenvalue weighted by Crippen LogP contribution is -2.31. The molecule has 0 aliphatic heterocycles. The summed E-state index contributed by atoms with van der Waals surface area (Å²) in [6.45, 7) is 8.88. The lowest BCUT2D eigenvalue weighted by Gasteiger charge is -2.17. The second-order valence-corrected chi connectivity index (χ2v) is 5.74. The molecule has 6 heteroatoms. The third-order valence-corrected chi connectivity index (χ3v) is 3.85. The summed E-state index contributed by atoms with van der Waals surface area (Å²) >= 11 is 0. The molecule has 0 saturated heterocycles. The largest absolute Gasteiger partial charge is 0.342 e. The summed E-state index contributed by atoms with van der Waals surface area (Å²) in [5.74, 6) is 0.215. The van der Waals surface area contributed by atoms with Gasteiger partial charge in [0.25, 0.3) is 5.91 Å². The Kier molecular flexibility index (Phi) is 5.00. The van der Waals surface area contributed by atoms with Crippen molar-refractivity contribution in [1.29, 1.82) is 0 Å². The van der Waals surface area contributed by atoms with E-state index >= 15 is 0 Å². The molecule has 2 aromatic rings. The van der Waals surface area contributed by atoms with Crippen molar-refractivity contribution in [3.8, 4) is 0 Å². The number of aryl methyl sites for hydroxylation is 2. The van der Waals surface area contributed by atoms with Crippen molar-refractivity contribution in [1.82, 2.24) is 24.9 Å². The molecule has 1 atom stereocenters. The van der Waals surface area contributed by atoms with Crippen molar-refractivity contribution < 1.29 is 4.79 Å². The van der Waals surface area contributed by atoms with Gasteiger partial charge in [-0.25, -0.2) is 0 Å². The van der Waals surface area contributed by atoms with Gasteiger partial charge in [0, 0.05) is 19.8 Å². The van der Waals surface area contributed by atoms with Gasteiger partial charge in [-0.1, -0.05) is 20.8 Å². The molecule has 0 saturated carbocycles. The molecular weight excluding hydrogens is 278 g/mol. The Bertz CT molecular complexity index is 641. The summed E-state index contributed by atoms with van der Waals surface area (Å²) in [7, 11) is 1.89. The normalized spacial score (nSPS) is 12.6. The predicted octanol–water partition coefficient (Wildman–Crippen LogP) is 2.64. The number of nitrogens with zero attached hydrogens (tertiary/aromatic N) is 4. The average molecular weight is 303 g/mol. The van der Waals surface area contributed by atoms with Crippen LogP contribution in [0.4, 0.5) is 0 Å². The van der Waals surface area contributed by atoms with Crippen LogP contribution in [0.1, 0.15) is 68.0 Å². The summed E-state index contributed by atoms with van der Waals surface area (Å²) in [4.78, 5) is 12.6. The van der Waals surface area contributed by atoms with Gasteiger partial charge in [-0.2, -0.15) is 10.2 Å². The molecule has 0 bridgehead atoms. The van der Waals surface area contributed by atoms with E-state index < -0.39 is 0 Å². The molecule has 2 rings (SSSR count). The topological polar surface area (TPSA) is 64.7 Å². The first kappa shape index (κ1) is 16.3. The summed E-state index contributed by atoms with van der Waals surface area (Å²) < 4.78 is 3.56. The second-order valence-electron chi connectivity index (χ2n) is 5.74. The van der Waals surface area contributed by atoms with Gasteiger partial charge in [0.1, 0.15) is 5.69 Å². The molecule has 6 nitrogen and oxygen atoms in total. The molecule has 0 spiro atoms. The minimum absolute atomic E-state index is 0.0530. The number of rotatable bonds is 6. The minimum Gasteiger partial charge on any atom is -0.342 e. The van der Waals surface area contributed by atoms with Crippen molar-refractivity contribution in [2.45, 2.75) is 52.6 Å². The van der Waals surface area contributed by atoms with Crippen molar-refractivity contribution in [2.75, 3.05) is 0 Å². The van der Waals surface area contributed by atoms with E-state index in [0.29, 0.717) is 18.2 Å². The molecular formula is C16H25N5O. The van der Waals surface area contributed by atoms with E-state index in [0.717, 1.165) is 17.8 Å². The predicted molar refractivity (Wildman–Crippen MR) is 85.7 cm³/mol. The summed E-state index contributed by atoms with van der Waals surface area (Å²) in [6.07, 6.45) is 2.56. The van der Waals surface area contributed by atoms with E-state index in [2.05, 4.69) is 36.3 Å². The first-order chi connectivity index (χ1) is 10.5. The van der Waals surface area contributed by atoms with Crippen LogP contribution < -0.4 is 5.32 Å². The molecule has 0 aliphatic rings. The van der Waals surface area contributed by atoms with Crippen molar-refractivity contribution in [2.24, 2.45) is 7.05 Å². The van der Waals surface area contributed by atoms with E-state index in [1.54, 1.807) is 15.6 Å². The summed E-state index contributed by atoms with van der Waals surface area (Å²) in [6, 6.07) is 3.77. The number of hydrogen-bond acceptors (Lipinski definition) is 3. The highest BCUT2D eigenvalue weighted by Gasteiger charge is 2.21. The zero-order valence-electron chi connectivity index (χ0n) is 14.0. The Morgan fingerprint density at radius 3 is 2.59 bits per heavy atom. The smallest absolute Gasteiger partial charge is 0.270 e. The minimum atomic E-state index is -0.0886. The lowest BCUT2D eigenvalue weighted by molar-refractivity contribution is 0.0923. The van der Waals surface area contributed by atoms with Crippen LogP contribution in [0.2, 0.25) is 0 Å². The van der Waals surface area contributed by atoms with Gasteiger partial charge in [0.2, 0.25) is 0 Å². The van der Waals surface area contributed by atoms with Gasteiger partial charge in [-0.3, -0.25) is 14.2 Å². The van der Waals surface area contributed by atoms with E-state index in [9.17, 15) is 4.79 Å². The van der Waals surface area contributed by atoms with Crippen molar-refractivity contribution >= 4 is 5.91 Å². The SMILES string of the molecule is CC[C@H](NC(=O)c1cc(C(C)C)nn1CC)c1ccnn1C. The fraction of sp³-hybridized carbons (Fsp3) is 0.562. The number of hydrogen-bond donors (Lipinski definition) is 1. The maximum absolute atomic E-state index is 12.6. The Morgan fingerprint density at radius 2 is 2.09 bits per heavy atom. The van der Waals surface area contributed by atoms with Gasteiger partial charge >= 0.3 is 0 Å². The van der Waals surface area contributed by atoms with Crippen LogP contribution in [-0.2, 0) is 13.6 Å². The molecule has 0 radical (unpaired) electrons. The van der Waals surface area contributed by atoms with Gasteiger partial charge < -0.3 is 5.32 Å². The summed E-state index contributed by atoms with van der Waals surface area (Å²) in [5.41, 5.74) is 2.56. The zero-order valence-corrected chi connectivity index (χ0v) is 14.0. The fourth-order valence-electron chi connectivity index (χ4n) is 2.49. The molecule has 1 N–H and O–H groups in total. The third kappa shape index (κ3) is 3.21. The van der Waals surface area contributed by atoms with Crippen LogP contribution >= 0.6 is 0 Å². The third-order valence-electron chi connectivity index (χ3n) is 3.85. The van der Waals surface area contributed by atoms with Gasteiger partial charge in [-0.15, -0.1) is 0 Å². The highest BCUT2D eigenvalue weighted by molar-refractivity contribution is 5.93. The maximum Gasteiger partial charge on any atom is 0.270 e. The van der Waals surface area contributed by atoms with E-state index in [1.165, 1.54) is 0 Å².